The van der Waals surface area contributed by atoms with Crippen molar-refractivity contribution in [3.63, 3.8) is 0 Å². The molecular weight excluding hydrogens is 226 g/mol. The van der Waals surface area contributed by atoms with Crippen molar-refractivity contribution in [1.82, 2.24) is 5.32 Å². The smallest absolute Gasteiger partial charge is 0.119 e. The van der Waals surface area contributed by atoms with Crippen LogP contribution in [0.4, 0.5) is 0 Å². The van der Waals surface area contributed by atoms with E-state index in [9.17, 15) is 0 Å². The highest BCUT2D eigenvalue weighted by Gasteiger charge is 2.20. The van der Waals surface area contributed by atoms with Gasteiger partial charge in [-0.25, -0.2) is 0 Å². The first-order valence-corrected chi connectivity index (χ1v) is 6.63. The Morgan fingerprint density at radius 1 is 1.28 bits per heavy atom. The molecule has 0 aliphatic carbocycles. The number of hydrogen-bond acceptors (Lipinski definition) is 3. The molecule has 0 fully saturated rings. The van der Waals surface area contributed by atoms with Crippen LogP contribution in [-0.2, 0) is 4.74 Å². The van der Waals surface area contributed by atoms with Crippen molar-refractivity contribution in [2.24, 2.45) is 0 Å². The zero-order valence-corrected chi connectivity index (χ0v) is 12.1. The monoisotopic (exact) mass is 251 g/mol. The van der Waals surface area contributed by atoms with Crippen molar-refractivity contribution in [1.29, 1.82) is 0 Å². The molecule has 2 atom stereocenters. The first-order chi connectivity index (χ1) is 8.63. The highest BCUT2D eigenvalue weighted by atomic mass is 16.5. The van der Waals surface area contributed by atoms with E-state index in [2.05, 4.69) is 38.2 Å². The highest BCUT2D eigenvalue weighted by molar-refractivity contribution is 5.37. The number of ether oxygens (including phenoxy) is 2. The fourth-order valence-corrected chi connectivity index (χ4v) is 2.23. The molecule has 1 aromatic rings. The van der Waals surface area contributed by atoms with Crippen LogP contribution in [0.1, 0.15) is 37.9 Å². The van der Waals surface area contributed by atoms with E-state index in [0.29, 0.717) is 0 Å². The quantitative estimate of drug-likeness (QED) is 0.808. The van der Waals surface area contributed by atoms with Crippen molar-refractivity contribution in [2.75, 3.05) is 20.3 Å². The van der Waals surface area contributed by atoms with E-state index < -0.39 is 0 Å². The largest absolute Gasteiger partial charge is 0.497 e. The first-order valence-electron chi connectivity index (χ1n) is 6.63. The summed E-state index contributed by atoms with van der Waals surface area (Å²) in [6.45, 7) is 10.0. The number of rotatable bonds is 7. The molecule has 0 amide bonds. The van der Waals surface area contributed by atoms with E-state index in [1.807, 2.05) is 13.0 Å². The van der Waals surface area contributed by atoms with Crippen molar-refractivity contribution in [3.8, 4) is 5.75 Å². The van der Waals surface area contributed by atoms with E-state index in [4.69, 9.17) is 9.47 Å². The van der Waals surface area contributed by atoms with Gasteiger partial charge in [-0.05, 0) is 50.6 Å². The number of methoxy groups -OCH3 is 1. The van der Waals surface area contributed by atoms with Gasteiger partial charge in [-0.1, -0.05) is 13.0 Å². The summed E-state index contributed by atoms with van der Waals surface area (Å²) in [5, 5.41) is 3.50. The van der Waals surface area contributed by atoms with Crippen LogP contribution < -0.4 is 10.1 Å². The lowest BCUT2D eigenvalue weighted by molar-refractivity contribution is 0.0475. The average Bonchev–Trinajstić information content (AvgIpc) is 2.36. The molecule has 0 aromatic heterocycles. The molecule has 0 radical (unpaired) electrons. The lowest BCUT2D eigenvalue weighted by Crippen LogP contribution is -2.32. The average molecular weight is 251 g/mol. The summed E-state index contributed by atoms with van der Waals surface area (Å²) in [6.07, 6.45) is 0.155. The molecule has 0 saturated carbocycles. The molecule has 1 aromatic carbocycles. The molecule has 18 heavy (non-hydrogen) atoms. The van der Waals surface area contributed by atoms with Gasteiger partial charge in [-0.3, -0.25) is 0 Å². The SMILES string of the molecule is CCNC(c1ccc(OC)cc1C)C(C)OCC. The summed E-state index contributed by atoms with van der Waals surface area (Å²) in [7, 11) is 1.69. The molecule has 1 rings (SSSR count). The molecule has 0 spiro atoms. The predicted molar refractivity (Wildman–Crippen MR) is 75.2 cm³/mol. The molecule has 1 N–H and O–H groups in total. The van der Waals surface area contributed by atoms with Gasteiger partial charge in [0.05, 0.1) is 19.3 Å². The van der Waals surface area contributed by atoms with Crippen LogP contribution in [0.15, 0.2) is 18.2 Å². The minimum Gasteiger partial charge on any atom is -0.497 e. The fourth-order valence-electron chi connectivity index (χ4n) is 2.23. The third kappa shape index (κ3) is 3.72. The third-order valence-electron chi connectivity index (χ3n) is 3.14. The molecule has 0 aliphatic rings. The van der Waals surface area contributed by atoms with Crippen molar-refractivity contribution >= 4 is 0 Å². The van der Waals surface area contributed by atoms with Gasteiger partial charge in [0.2, 0.25) is 0 Å². The Morgan fingerprint density at radius 2 is 2.00 bits per heavy atom. The van der Waals surface area contributed by atoms with Crippen LogP contribution in [0.25, 0.3) is 0 Å². The Labute approximate surface area is 110 Å². The summed E-state index contributed by atoms with van der Waals surface area (Å²) < 4.78 is 11.0. The van der Waals surface area contributed by atoms with Crippen LogP contribution in [0.5, 0.6) is 5.75 Å². The van der Waals surface area contributed by atoms with E-state index in [1.54, 1.807) is 7.11 Å². The van der Waals surface area contributed by atoms with Gasteiger partial charge in [-0.2, -0.15) is 0 Å². The fraction of sp³-hybridized carbons (Fsp3) is 0.600. The molecule has 0 aliphatic heterocycles. The maximum Gasteiger partial charge on any atom is 0.119 e. The van der Waals surface area contributed by atoms with E-state index >= 15 is 0 Å². The van der Waals surface area contributed by atoms with Crippen LogP contribution in [-0.4, -0.2) is 26.4 Å². The Kier molecular flexibility index (Phi) is 6.16. The van der Waals surface area contributed by atoms with E-state index in [1.165, 1.54) is 11.1 Å². The standard InChI is InChI=1S/C15H25NO2/c1-6-16-15(12(4)18-7-2)14-9-8-13(17-5)10-11(14)3/h8-10,12,15-16H,6-7H2,1-5H3. The zero-order valence-electron chi connectivity index (χ0n) is 12.1. The minimum absolute atomic E-state index is 0.155. The van der Waals surface area contributed by atoms with E-state index in [0.717, 1.165) is 18.9 Å². The zero-order chi connectivity index (χ0) is 13.5. The summed E-state index contributed by atoms with van der Waals surface area (Å²) in [4.78, 5) is 0. The van der Waals surface area contributed by atoms with Crippen LogP contribution in [0.3, 0.4) is 0 Å². The number of aryl methyl sites for hydroxylation is 1. The molecular formula is C15H25NO2. The second-order valence-electron chi connectivity index (χ2n) is 4.42. The first kappa shape index (κ1) is 15.0. The van der Waals surface area contributed by atoms with Gasteiger partial charge in [0.15, 0.2) is 0 Å². The van der Waals surface area contributed by atoms with Crippen molar-refractivity contribution in [3.05, 3.63) is 29.3 Å². The van der Waals surface area contributed by atoms with Gasteiger partial charge < -0.3 is 14.8 Å². The van der Waals surface area contributed by atoms with Crippen LogP contribution in [0, 0.1) is 6.92 Å². The van der Waals surface area contributed by atoms with Crippen molar-refractivity contribution < 1.29 is 9.47 Å². The molecule has 3 heteroatoms. The van der Waals surface area contributed by atoms with Crippen LogP contribution >= 0.6 is 0 Å². The normalized spacial score (nSPS) is 14.3. The maximum absolute atomic E-state index is 5.73. The van der Waals surface area contributed by atoms with Gasteiger partial charge in [0, 0.05) is 6.61 Å². The summed E-state index contributed by atoms with van der Waals surface area (Å²) in [5.41, 5.74) is 2.51. The Hall–Kier alpha value is -1.06. The number of benzene rings is 1. The second-order valence-corrected chi connectivity index (χ2v) is 4.42. The van der Waals surface area contributed by atoms with Gasteiger partial charge >= 0.3 is 0 Å². The maximum atomic E-state index is 5.73. The minimum atomic E-state index is 0.155. The predicted octanol–water partition coefficient (Wildman–Crippen LogP) is 3.08. The summed E-state index contributed by atoms with van der Waals surface area (Å²) >= 11 is 0. The summed E-state index contributed by atoms with van der Waals surface area (Å²) in [6, 6.07) is 6.42. The molecule has 2 unspecified atom stereocenters. The molecule has 3 nitrogen and oxygen atoms in total. The van der Waals surface area contributed by atoms with Gasteiger partial charge in [-0.15, -0.1) is 0 Å². The summed E-state index contributed by atoms with van der Waals surface area (Å²) in [5.74, 6) is 0.899. The third-order valence-corrected chi connectivity index (χ3v) is 3.14. The lowest BCUT2D eigenvalue weighted by Gasteiger charge is -2.26. The van der Waals surface area contributed by atoms with Crippen LogP contribution in [0.2, 0.25) is 0 Å². The van der Waals surface area contributed by atoms with Crippen molar-refractivity contribution in [2.45, 2.75) is 39.8 Å². The van der Waals surface area contributed by atoms with E-state index in [-0.39, 0.29) is 12.1 Å². The Morgan fingerprint density at radius 3 is 2.50 bits per heavy atom. The lowest BCUT2D eigenvalue weighted by atomic mass is 9.97. The second kappa shape index (κ2) is 7.39. The van der Waals surface area contributed by atoms with Gasteiger partial charge in [0.25, 0.3) is 0 Å². The molecule has 102 valence electrons. The topological polar surface area (TPSA) is 30.5 Å². The number of likely N-dealkylation sites (N-methyl/N-ethyl adjacent to an activating group) is 1. The molecule has 0 bridgehead atoms. The number of hydrogen-bond donors (Lipinski definition) is 1. The Balaban J connectivity index is 2.97. The highest BCUT2D eigenvalue weighted by Crippen LogP contribution is 2.26. The number of nitrogens with one attached hydrogen (secondary N) is 1. The molecule has 0 saturated heterocycles. The van der Waals surface area contributed by atoms with Gasteiger partial charge in [0.1, 0.15) is 5.75 Å². The molecule has 0 heterocycles. The Bertz CT molecular complexity index is 366.